The molecule has 3 heterocycles. The zero-order valence-corrected chi connectivity index (χ0v) is 16.4. The summed E-state index contributed by atoms with van der Waals surface area (Å²) in [5.74, 6) is 1.23. The van der Waals surface area contributed by atoms with Crippen molar-refractivity contribution < 1.29 is 9.32 Å². The van der Waals surface area contributed by atoms with Crippen molar-refractivity contribution in [2.75, 3.05) is 11.4 Å². The highest BCUT2D eigenvalue weighted by molar-refractivity contribution is 5.96. The lowest BCUT2D eigenvalue weighted by molar-refractivity contribution is -0.117. The number of benzene rings is 2. The molecule has 2 aromatic carbocycles. The van der Waals surface area contributed by atoms with Crippen molar-refractivity contribution >= 4 is 22.5 Å². The highest BCUT2D eigenvalue weighted by Gasteiger charge is 2.35. The summed E-state index contributed by atoms with van der Waals surface area (Å²) in [4.78, 5) is 36.0. The maximum absolute atomic E-state index is 12.8. The average molecular weight is 401 g/mol. The van der Waals surface area contributed by atoms with Gasteiger partial charge in [-0.15, -0.1) is 0 Å². The van der Waals surface area contributed by atoms with Gasteiger partial charge in [0.1, 0.15) is 5.82 Å². The molecule has 150 valence electrons. The summed E-state index contributed by atoms with van der Waals surface area (Å²) >= 11 is 0. The van der Waals surface area contributed by atoms with Gasteiger partial charge in [0.2, 0.25) is 11.8 Å². The van der Waals surface area contributed by atoms with E-state index in [1.54, 1.807) is 17.9 Å². The molecule has 0 unspecified atom stereocenters. The molecule has 8 nitrogen and oxygen atoms in total. The van der Waals surface area contributed by atoms with E-state index in [0.717, 1.165) is 5.69 Å². The molecule has 0 spiro atoms. The SMILES string of the molecule is Cc1nc2ccccc2c(=O)n1Cc1noc([C@H]2CC(=O)N(c3ccccc3)C2)n1. The van der Waals surface area contributed by atoms with E-state index in [9.17, 15) is 9.59 Å². The normalized spacial score (nSPS) is 16.5. The van der Waals surface area contributed by atoms with E-state index in [0.29, 0.717) is 41.4 Å². The highest BCUT2D eigenvalue weighted by atomic mass is 16.5. The van der Waals surface area contributed by atoms with E-state index in [-0.39, 0.29) is 23.9 Å². The smallest absolute Gasteiger partial charge is 0.261 e. The predicted octanol–water partition coefficient (Wildman–Crippen LogP) is 2.66. The van der Waals surface area contributed by atoms with Crippen LogP contribution in [0.25, 0.3) is 10.9 Å². The second-order valence-electron chi connectivity index (χ2n) is 7.36. The van der Waals surface area contributed by atoms with Gasteiger partial charge in [0.05, 0.1) is 23.4 Å². The first-order valence-electron chi connectivity index (χ1n) is 9.74. The molecule has 30 heavy (non-hydrogen) atoms. The number of aryl methyl sites for hydroxylation is 1. The number of anilines is 1. The third kappa shape index (κ3) is 3.16. The Morgan fingerprint density at radius 2 is 1.80 bits per heavy atom. The first-order chi connectivity index (χ1) is 14.6. The number of rotatable bonds is 4. The first-order valence-corrected chi connectivity index (χ1v) is 9.74. The van der Waals surface area contributed by atoms with Crippen molar-refractivity contribution in [3.8, 4) is 0 Å². The van der Waals surface area contributed by atoms with Gasteiger partial charge in [-0.3, -0.25) is 14.2 Å². The van der Waals surface area contributed by atoms with Crippen LogP contribution in [0.5, 0.6) is 0 Å². The van der Waals surface area contributed by atoms with Gasteiger partial charge in [-0.2, -0.15) is 4.98 Å². The van der Waals surface area contributed by atoms with Crippen molar-refractivity contribution in [3.05, 3.63) is 82.5 Å². The lowest BCUT2D eigenvalue weighted by atomic mass is 10.1. The largest absolute Gasteiger partial charge is 0.339 e. The zero-order valence-electron chi connectivity index (χ0n) is 16.4. The Bertz CT molecular complexity index is 1300. The van der Waals surface area contributed by atoms with Crippen molar-refractivity contribution in [3.63, 3.8) is 0 Å². The molecule has 1 aliphatic heterocycles. The van der Waals surface area contributed by atoms with Crippen molar-refractivity contribution in [2.24, 2.45) is 0 Å². The van der Waals surface area contributed by atoms with Crippen LogP contribution in [0.2, 0.25) is 0 Å². The van der Waals surface area contributed by atoms with Crippen LogP contribution in [-0.4, -0.2) is 32.1 Å². The number of aromatic nitrogens is 4. The Kier molecular flexibility index (Phi) is 4.39. The summed E-state index contributed by atoms with van der Waals surface area (Å²) in [5, 5.41) is 4.59. The number of hydrogen-bond donors (Lipinski definition) is 0. The lowest BCUT2D eigenvalue weighted by Crippen LogP contribution is -2.25. The standard InChI is InChI=1S/C22H19N5O3/c1-14-23-18-10-6-5-9-17(18)22(29)26(14)13-19-24-21(30-25-19)15-11-20(28)27(12-15)16-7-3-2-4-8-16/h2-10,15H,11-13H2,1H3/t15-/m0/s1. The summed E-state index contributed by atoms with van der Waals surface area (Å²) in [6, 6.07) is 16.8. The molecular weight excluding hydrogens is 382 g/mol. The van der Waals surface area contributed by atoms with Crippen LogP contribution in [0.3, 0.4) is 0 Å². The average Bonchev–Trinajstić information content (AvgIpc) is 3.38. The summed E-state index contributed by atoms with van der Waals surface area (Å²) in [6.07, 6.45) is 0.313. The summed E-state index contributed by atoms with van der Waals surface area (Å²) in [5.41, 5.74) is 1.38. The number of nitrogens with zero attached hydrogens (tertiary/aromatic N) is 5. The summed E-state index contributed by atoms with van der Waals surface area (Å²) in [7, 11) is 0. The van der Waals surface area contributed by atoms with Crippen LogP contribution >= 0.6 is 0 Å². The lowest BCUT2D eigenvalue weighted by Gasteiger charge is -2.15. The van der Waals surface area contributed by atoms with Crippen LogP contribution in [0.1, 0.15) is 29.9 Å². The maximum atomic E-state index is 12.8. The minimum Gasteiger partial charge on any atom is -0.339 e. The third-order valence-electron chi connectivity index (χ3n) is 5.38. The Morgan fingerprint density at radius 1 is 1.03 bits per heavy atom. The van der Waals surface area contributed by atoms with Crippen molar-refractivity contribution in [1.29, 1.82) is 0 Å². The molecule has 0 radical (unpaired) electrons. The Balaban J connectivity index is 1.39. The number of amides is 1. The first kappa shape index (κ1) is 18.2. The molecule has 1 amide bonds. The fourth-order valence-electron chi connectivity index (χ4n) is 3.83. The second kappa shape index (κ2) is 7.22. The zero-order chi connectivity index (χ0) is 20.7. The Morgan fingerprint density at radius 3 is 2.63 bits per heavy atom. The van der Waals surface area contributed by atoms with E-state index >= 15 is 0 Å². The highest BCUT2D eigenvalue weighted by Crippen LogP contribution is 2.30. The van der Waals surface area contributed by atoms with Gasteiger partial charge in [0.25, 0.3) is 5.56 Å². The molecule has 1 saturated heterocycles. The van der Waals surface area contributed by atoms with Gasteiger partial charge in [-0.05, 0) is 31.2 Å². The van der Waals surface area contributed by atoms with E-state index in [4.69, 9.17) is 4.52 Å². The van der Waals surface area contributed by atoms with E-state index in [2.05, 4.69) is 15.1 Å². The molecule has 1 atom stereocenters. The van der Waals surface area contributed by atoms with Crippen LogP contribution in [0, 0.1) is 6.92 Å². The second-order valence-corrected chi connectivity index (χ2v) is 7.36. The van der Waals surface area contributed by atoms with Crippen LogP contribution in [0.15, 0.2) is 63.9 Å². The number of carbonyl (C=O) groups excluding carboxylic acids is 1. The predicted molar refractivity (Wildman–Crippen MR) is 110 cm³/mol. The topological polar surface area (TPSA) is 94.1 Å². The molecule has 0 aliphatic carbocycles. The molecule has 1 aliphatic rings. The molecule has 0 bridgehead atoms. The molecule has 2 aromatic heterocycles. The third-order valence-corrected chi connectivity index (χ3v) is 5.38. The van der Waals surface area contributed by atoms with Crippen molar-refractivity contribution in [2.45, 2.75) is 25.8 Å². The number of para-hydroxylation sites is 2. The monoisotopic (exact) mass is 401 g/mol. The van der Waals surface area contributed by atoms with E-state index < -0.39 is 0 Å². The summed E-state index contributed by atoms with van der Waals surface area (Å²) in [6.45, 7) is 2.43. The Hall–Kier alpha value is -3.81. The van der Waals surface area contributed by atoms with Gasteiger partial charge in [-0.1, -0.05) is 35.5 Å². The molecule has 0 saturated carbocycles. The Labute approximate surface area is 171 Å². The van der Waals surface area contributed by atoms with Crippen LogP contribution in [-0.2, 0) is 11.3 Å². The van der Waals surface area contributed by atoms with Crippen LogP contribution in [0.4, 0.5) is 5.69 Å². The van der Waals surface area contributed by atoms with E-state index in [1.807, 2.05) is 48.5 Å². The van der Waals surface area contributed by atoms with Gasteiger partial charge in [0.15, 0.2) is 5.82 Å². The minimum absolute atomic E-state index is 0.0248. The van der Waals surface area contributed by atoms with E-state index in [1.165, 1.54) is 4.57 Å². The summed E-state index contributed by atoms with van der Waals surface area (Å²) < 4.78 is 6.98. The number of fused-ring (bicyclic) bond motifs is 1. The molecule has 8 heteroatoms. The van der Waals surface area contributed by atoms with Gasteiger partial charge in [-0.25, -0.2) is 4.98 Å². The minimum atomic E-state index is -0.175. The number of hydrogen-bond acceptors (Lipinski definition) is 6. The maximum Gasteiger partial charge on any atom is 0.261 e. The quantitative estimate of drug-likeness (QED) is 0.522. The van der Waals surface area contributed by atoms with Gasteiger partial charge >= 0.3 is 0 Å². The molecule has 4 aromatic rings. The number of carbonyl (C=O) groups is 1. The van der Waals surface area contributed by atoms with Crippen molar-refractivity contribution in [1.82, 2.24) is 19.7 Å². The fraction of sp³-hybridized carbons (Fsp3) is 0.227. The molecular formula is C22H19N5O3. The van der Waals surface area contributed by atoms with Gasteiger partial charge < -0.3 is 9.42 Å². The van der Waals surface area contributed by atoms with Crippen LogP contribution < -0.4 is 10.5 Å². The molecule has 0 N–H and O–H groups in total. The van der Waals surface area contributed by atoms with Gasteiger partial charge in [0, 0.05) is 18.7 Å². The molecule has 1 fully saturated rings. The fourth-order valence-corrected chi connectivity index (χ4v) is 3.83. The molecule has 5 rings (SSSR count).